The molecule has 0 spiro atoms. The summed E-state index contributed by atoms with van der Waals surface area (Å²) in [5.74, 6) is -1.19. The van der Waals surface area contributed by atoms with E-state index in [-0.39, 0.29) is 42.5 Å². The molecule has 1 heterocycles. The van der Waals surface area contributed by atoms with Crippen molar-refractivity contribution in [1.82, 2.24) is 9.21 Å². The first kappa shape index (κ1) is 29.6. The molecule has 2 aromatic carbocycles. The van der Waals surface area contributed by atoms with E-state index in [2.05, 4.69) is 12.1 Å². The molecule has 39 heavy (non-hydrogen) atoms. The number of likely N-dealkylation sites (N-methyl/N-ethyl adjacent to an activating group) is 1. The summed E-state index contributed by atoms with van der Waals surface area (Å²) in [6.45, 7) is 6.05. The second-order valence-corrected chi connectivity index (χ2v) is 14.2. The second-order valence-electron chi connectivity index (χ2n) is 11.5. The first-order chi connectivity index (χ1) is 18.4. The van der Waals surface area contributed by atoms with E-state index >= 15 is 0 Å². The topological polar surface area (TPSA) is 95.0 Å². The zero-order chi connectivity index (χ0) is 28.5. The number of carbonyl (C=O) groups excluding carboxylic acids is 1. The molecule has 1 unspecified atom stereocenters. The van der Waals surface area contributed by atoms with Gasteiger partial charge in [0, 0.05) is 42.4 Å². The van der Waals surface area contributed by atoms with Crippen LogP contribution < -0.4 is 0 Å². The Labute approximate surface area is 237 Å². The molecule has 0 aromatic heterocycles. The molecule has 1 saturated carbocycles. The minimum absolute atomic E-state index is 0.116. The van der Waals surface area contributed by atoms with E-state index in [1.165, 1.54) is 4.31 Å². The molecule has 0 bridgehead atoms. The molecule has 1 amide bonds. The van der Waals surface area contributed by atoms with Gasteiger partial charge in [-0.25, -0.2) is 12.7 Å². The molecule has 4 rings (SSSR count). The van der Waals surface area contributed by atoms with Crippen molar-refractivity contribution in [3.8, 4) is 0 Å². The van der Waals surface area contributed by atoms with Crippen molar-refractivity contribution in [3.05, 3.63) is 70.2 Å². The van der Waals surface area contributed by atoms with Crippen LogP contribution >= 0.6 is 11.6 Å². The molecule has 2 fully saturated rings. The minimum Gasteiger partial charge on any atom is -0.481 e. The Balaban J connectivity index is 1.85. The maximum absolute atomic E-state index is 14.5. The van der Waals surface area contributed by atoms with Crippen LogP contribution in [0.2, 0.25) is 5.02 Å². The number of carboxylic acids is 1. The average Bonchev–Trinajstić information content (AvgIpc) is 3.75. The molecular weight excluding hydrogens is 536 g/mol. The first-order valence-corrected chi connectivity index (χ1v) is 15.6. The van der Waals surface area contributed by atoms with Crippen molar-refractivity contribution >= 4 is 33.5 Å². The lowest BCUT2D eigenvalue weighted by Gasteiger charge is -2.52. The molecule has 1 N–H and O–H groups in total. The van der Waals surface area contributed by atoms with Crippen LogP contribution in [0.3, 0.4) is 0 Å². The summed E-state index contributed by atoms with van der Waals surface area (Å²) >= 11 is 6.24. The number of rotatable bonds is 11. The predicted octanol–water partition coefficient (Wildman–Crippen LogP) is 5.78. The molecule has 7 nitrogen and oxygen atoms in total. The number of aliphatic carboxylic acids is 1. The fraction of sp³-hybridized carbons (Fsp3) is 0.533. The molecule has 2 aromatic rings. The van der Waals surface area contributed by atoms with Gasteiger partial charge in [-0.1, -0.05) is 67.4 Å². The largest absolute Gasteiger partial charge is 0.481 e. The van der Waals surface area contributed by atoms with Gasteiger partial charge < -0.3 is 10.0 Å². The van der Waals surface area contributed by atoms with Crippen LogP contribution in [-0.2, 0) is 19.6 Å². The zero-order valence-electron chi connectivity index (χ0n) is 23.1. The van der Waals surface area contributed by atoms with Gasteiger partial charge in [0.25, 0.3) is 0 Å². The van der Waals surface area contributed by atoms with Crippen molar-refractivity contribution in [2.75, 3.05) is 13.6 Å². The van der Waals surface area contributed by atoms with Gasteiger partial charge in [0.2, 0.25) is 15.9 Å². The number of sulfonamides is 1. The fourth-order valence-corrected chi connectivity index (χ4v) is 7.74. The van der Waals surface area contributed by atoms with Gasteiger partial charge in [-0.3, -0.25) is 9.59 Å². The highest BCUT2D eigenvalue weighted by atomic mass is 35.5. The van der Waals surface area contributed by atoms with Crippen LogP contribution in [-0.4, -0.2) is 59.5 Å². The summed E-state index contributed by atoms with van der Waals surface area (Å²) in [6.07, 6.45) is 2.47. The molecule has 9 heteroatoms. The third kappa shape index (κ3) is 6.34. The van der Waals surface area contributed by atoms with Crippen LogP contribution in [0.1, 0.15) is 81.0 Å². The number of hydrogen-bond acceptors (Lipinski definition) is 4. The third-order valence-corrected chi connectivity index (χ3v) is 11.0. The molecule has 1 saturated heterocycles. The number of benzene rings is 2. The van der Waals surface area contributed by atoms with E-state index in [0.717, 1.165) is 16.7 Å². The maximum atomic E-state index is 14.5. The number of halogens is 1. The van der Waals surface area contributed by atoms with Gasteiger partial charge in [-0.2, -0.15) is 0 Å². The van der Waals surface area contributed by atoms with Crippen molar-refractivity contribution in [2.24, 2.45) is 5.41 Å². The van der Waals surface area contributed by atoms with E-state index in [0.29, 0.717) is 30.7 Å². The van der Waals surface area contributed by atoms with E-state index in [1.807, 2.05) is 62.1 Å². The quantitative estimate of drug-likeness (QED) is 0.367. The van der Waals surface area contributed by atoms with Crippen LogP contribution in [0.25, 0.3) is 0 Å². The zero-order valence-corrected chi connectivity index (χ0v) is 24.7. The number of aryl methyl sites for hydroxylation is 1. The van der Waals surface area contributed by atoms with Gasteiger partial charge in [-0.05, 0) is 62.3 Å². The molecule has 0 radical (unpaired) electrons. The normalized spacial score (nSPS) is 24.7. The van der Waals surface area contributed by atoms with E-state index in [1.54, 1.807) is 7.05 Å². The molecule has 4 atom stereocenters. The SMILES string of the molecule is CC[C@@H](CN(C)S(=O)(=O)C1CC1)N1C(=O)[C@@](C)(CCC(=O)O)C[C@H](c2cccc(C)c2)C1c1ccc(Cl)cc1. The summed E-state index contributed by atoms with van der Waals surface area (Å²) in [7, 11) is -1.84. The smallest absolute Gasteiger partial charge is 0.303 e. The van der Waals surface area contributed by atoms with Crippen LogP contribution in [0.5, 0.6) is 0 Å². The minimum atomic E-state index is -3.44. The Morgan fingerprint density at radius 1 is 1.18 bits per heavy atom. The molecule has 2 aliphatic rings. The number of nitrogens with zero attached hydrogens (tertiary/aromatic N) is 2. The Hall–Kier alpha value is -2.42. The van der Waals surface area contributed by atoms with Crippen molar-refractivity contribution in [3.63, 3.8) is 0 Å². The Morgan fingerprint density at radius 3 is 2.41 bits per heavy atom. The lowest BCUT2D eigenvalue weighted by atomic mass is 9.66. The summed E-state index contributed by atoms with van der Waals surface area (Å²) in [5.41, 5.74) is 2.17. The van der Waals surface area contributed by atoms with Crippen molar-refractivity contribution < 1.29 is 23.1 Å². The summed E-state index contributed by atoms with van der Waals surface area (Å²) in [6, 6.07) is 15.0. The van der Waals surface area contributed by atoms with Crippen LogP contribution in [0.4, 0.5) is 0 Å². The second kappa shape index (κ2) is 11.6. The van der Waals surface area contributed by atoms with E-state index in [4.69, 9.17) is 11.6 Å². The molecule has 1 aliphatic carbocycles. The highest BCUT2D eigenvalue weighted by molar-refractivity contribution is 7.90. The first-order valence-electron chi connectivity index (χ1n) is 13.7. The number of piperidine rings is 1. The number of carbonyl (C=O) groups is 2. The maximum Gasteiger partial charge on any atom is 0.303 e. The molecular formula is C30H39ClN2O5S. The summed E-state index contributed by atoms with van der Waals surface area (Å²) < 4.78 is 27.5. The van der Waals surface area contributed by atoms with Crippen molar-refractivity contribution in [2.45, 2.75) is 82.5 Å². The number of hydrogen-bond donors (Lipinski definition) is 1. The Kier molecular flexibility index (Phi) is 8.79. The fourth-order valence-electron chi connectivity index (χ4n) is 5.99. The van der Waals surface area contributed by atoms with Crippen LogP contribution in [0.15, 0.2) is 48.5 Å². The van der Waals surface area contributed by atoms with E-state index in [9.17, 15) is 23.1 Å². The molecule has 212 valence electrons. The number of amides is 1. The lowest BCUT2D eigenvalue weighted by molar-refractivity contribution is -0.156. The number of carboxylic acid groups (broad SMARTS) is 1. The van der Waals surface area contributed by atoms with Gasteiger partial charge in [0.05, 0.1) is 11.3 Å². The number of likely N-dealkylation sites (tertiary alicyclic amines) is 1. The molecule has 1 aliphatic heterocycles. The van der Waals surface area contributed by atoms with Gasteiger partial charge >= 0.3 is 5.97 Å². The average molecular weight is 575 g/mol. The highest BCUT2D eigenvalue weighted by Gasteiger charge is 2.52. The Bertz CT molecular complexity index is 1310. The summed E-state index contributed by atoms with van der Waals surface area (Å²) in [5, 5.41) is 9.75. The van der Waals surface area contributed by atoms with Gasteiger partial charge in [0.1, 0.15) is 0 Å². The van der Waals surface area contributed by atoms with Crippen molar-refractivity contribution in [1.29, 1.82) is 0 Å². The predicted molar refractivity (Wildman–Crippen MR) is 153 cm³/mol. The Morgan fingerprint density at radius 2 is 1.85 bits per heavy atom. The van der Waals surface area contributed by atoms with E-state index < -0.39 is 27.4 Å². The highest BCUT2D eigenvalue weighted by Crippen LogP contribution is 2.52. The van der Waals surface area contributed by atoms with Gasteiger partial charge in [0.15, 0.2) is 0 Å². The summed E-state index contributed by atoms with van der Waals surface area (Å²) in [4.78, 5) is 27.9. The lowest BCUT2D eigenvalue weighted by Crippen LogP contribution is -2.58. The monoisotopic (exact) mass is 574 g/mol. The van der Waals surface area contributed by atoms with Crippen LogP contribution in [0, 0.1) is 12.3 Å². The third-order valence-electron chi connectivity index (χ3n) is 8.39. The van der Waals surface area contributed by atoms with Gasteiger partial charge in [-0.15, -0.1) is 0 Å². The standard InChI is InChI=1S/C30H39ClN2O5S/c1-5-24(19-32(4)39(37,38)25-13-14-25)33-28(21-9-11-23(31)12-10-21)26(22-8-6-7-20(2)17-22)18-30(3,29(33)36)16-15-27(34)35/h6-12,17,24-26,28H,5,13-16,18-19H2,1-4H3,(H,34,35)/t24-,26+,28?,30-/m0/s1.